The molecular weight excluding hydrogens is 679 g/mol. The predicted molar refractivity (Wildman–Crippen MR) is 182 cm³/mol. The summed E-state index contributed by atoms with van der Waals surface area (Å²) in [5.41, 5.74) is 0.983. The number of carbonyl (C=O) groups excluding carboxylic acids is 3. The van der Waals surface area contributed by atoms with Crippen LogP contribution in [0.2, 0.25) is 10.0 Å². The van der Waals surface area contributed by atoms with Crippen LogP contribution in [-0.2, 0) is 16.1 Å². The molecule has 2 amide bonds. The second-order valence-electron chi connectivity index (χ2n) is 12.3. The molecule has 2 aromatic carbocycles. The highest BCUT2D eigenvalue weighted by atomic mass is 35.5. The summed E-state index contributed by atoms with van der Waals surface area (Å²) >= 11 is 13.6. The third-order valence-corrected chi connectivity index (χ3v) is 8.34. The van der Waals surface area contributed by atoms with Crippen molar-refractivity contribution in [3.05, 3.63) is 87.5 Å². The normalized spacial score (nSPS) is 14.3. The number of hydrogen-bond donors (Lipinski definition) is 2. The molecule has 1 saturated heterocycles. The molecule has 10 nitrogen and oxygen atoms in total. The molecule has 0 bridgehead atoms. The molecule has 1 aliphatic rings. The molecule has 4 aromatic rings. The van der Waals surface area contributed by atoms with Gasteiger partial charge in [0, 0.05) is 48.0 Å². The first-order chi connectivity index (χ1) is 23.3. The lowest BCUT2D eigenvalue weighted by Crippen LogP contribution is -2.43. The van der Waals surface area contributed by atoms with E-state index in [-0.39, 0.29) is 58.6 Å². The van der Waals surface area contributed by atoms with E-state index in [2.05, 4.69) is 20.6 Å². The number of carbonyl (C=O) groups is 3. The highest BCUT2D eigenvalue weighted by Crippen LogP contribution is 2.41. The van der Waals surface area contributed by atoms with Gasteiger partial charge in [-0.15, -0.1) is 0 Å². The quantitative estimate of drug-likeness (QED) is 0.159. The van der Waals surface area contributed by atoms with Crippen LogP contribution in [0.25, 0.3) is 22.5 Å². The van der Waals surface area contributed by atoms with Gasteiger partial charge in [-0.25, -0.2) is 18.6 Å². The number of aromatic nitrogens is 2. The van der Waals surface area contributed by atoms with Gasteiger partial charge < -0.3 is 25.0 Å². The van der Waals surface area contributed by atoms with Crippen molar-refractivity contribution in [3.8, 4) is 28.4 Å². The molecule has 14 heteroatoms. The van der Waals surface area contributed by atoms with Gasteiger partial charge in [0.1, 0.15) is 11.4 Å². The zero-order valence-electron chi connectivity index (χ0n) is 27.1. The Morgan fingerprint density at radius 2 is 1.88 bits per heavy atom. The van der Waals surface area contributed by atoms with Gasteiger partial charge >= 0.3 is 6.09 Å². The summed E-state index contributed by atoms with van der Waals surface area (Å²) in [6, 6.07) is 11.5. The summed E-state index contributed by atoms with van der Waals surface area (Å²) in [5, 5.41) is 5.96. The molecule has 0 unspecified atom stereocenters. The van der Waals surface area contributed by atoms with Crippen molar-refractivity contribution in [2.24, 2.45) is 0 Å². The van der Waals surface area contributed by atoms with Crippen LogP contribution in [0.1, 0.15) is 49.5 Å². The summed E-state index contributed by atoms with van der Waals surface area (Å²) in [5.74, 6) is -1.56. The molecule has 1 fully saturated rings. The molecule has 1 atom stereocenters. The molecule has 2 aromatic heterocycles. The first-order valence-electron chi connectivity index (χ1n) is 15.2. The Labute approximate surface area is 291 Å². The van der Waals surface area contributed by atoms with Crippen molar-refractivity contribution in [3.63, 3.8) is 0 Å². The number of methoxy groups -OCH3 is 1. The van der Waals surface area contributed by atoms with Crippen LogP contribution < -0.4 is 15.4 Å². The number of hydrogen-bond acceptors (Lipinski definition) is 8. The highest BCUT2D eigenvalue weighted by Gasteiger charge is 2.29. The lowest BCUT2D eigenvalue weighted by molar-refractivity contribution is -0.119. The molecule has 3 heterocycles. The van der Waals surface area contributed by atoms with Crippen LogP contribution in [0.3, 0.4) is 0 Å². The van der Waals surface area contributed by atoms with E-state index in [1.54, 1.807) is 57.2 Å². The van der Waals surface area contributed by atoms with E-state index < -0.39 is 28.9 Å². The Bertz CT molecular complexity index is 1920. The Hall–Kier alpha value is -4.81. The summed E-state index contributed by atoms with van der Waals surface area (Å²) in [4.78, 5) is 46.8. The zero-order chi connectivity index (χ0) is 35.5. The number of benzene rings is 2. The van der Waals surface area contributed by atoms with Gasteiger partial charge in [-0.2, -0.15) is 0 Å². The topological polar surface area (TPSA) is 123 Å². The minimum atomic E-state index is -0.931. The number of halogens is 4. The first-order valence-corrected chi connectivity index (χ1v) is 16.0. The molecule has 0 saturated carbocycles. The second kappa shape index (κ2) is 14.8. The largest absolute Gasteiger partial charge is 0.481 e. The summed E-state index contributed by atoms with van der Waals surface area (Å²) in [7, 11) is 1.46. The fourth-order valence-electron chi connectivity index (χ4n) is 5.31. The molecule has 49 heavy (non-hydrogen) atoms. The van der Waals surface area contributed by atoms with Crippen molar-refractivity contribution in [2.45, 2.75) is 51.8 Å². The summed E-state index contributed by atoms with van der Waals surface area (Å²) in [6.45, 7) is 5.67. The molecule has 1 aliphatic heterocycles. The lowest BCUT2D eigenvalue weighted by atomic mass is 10.0. The number of rotatable bonds is 10. The second-order valence-corrected chi connectivity index (χ2v) is 13.1. The maximum absolute atomic E-state index is 14.8. The predicted octanol–water partition coefficient (Wildman–Crippen LogP) is 7.98. The van der Waals surface area contributed by atoms with Crippen molar-refractivity contribution < 1.29 is 32.6 Å². The standard InChI is InChI=1S/C35H33Cl2F2N5O5/c1-35(2,3)49-34(47)44(17-22-9-11-28(46)41-22)16-19-8-10-25(43-33(19)48-4)23-12-13-40-32(30(23)37)24-6-5-7-26(29(24)36)42-27-15-21(38)14-20(18-45)31(27)39/h5-8,10,12-15,18,22,42H,9,11,16-17H2,1-4H3,(H,41,46)/t22-/m0/s1. The first kappa shape index (κ1) is 35.5. The average molecular weight is 713 g/mol. The Balaban J connectivity index is 1.45. The van der Waals surface area contributed by atoms with Crippen molar-refractivity contribution in [1.29, 1.82) is 0 Å². The molecule has 0 spiro atoms. The van der Waals surface area contributed by atoms with Crippen LogP contribution >= 0.6 is 23.2 Å². The Morgan fingerprint density at radius 3 is 2.55 bits per heavy atom. The average Bonchev–Trinajstić information content (AvgIpc) is 3.47. The zero-order valence-corrected chi connectivity index (χ0v) is 28.6. The third-order valence-electron chi connectivity index (χ3n) is 7.55. The number of ether oxygens (including phenoxy) is 2. The van der Waals surface area contributed by atoms with Gasteiger partial charge in [-0.05, 0) is 57.5 Å². The van der Waals surface area contributed by atoms with E-state index in [9.17, 15) is 23.2 Å². The van der Waals surface area contributed by atoms with E-state index in [0.717, 1.165) is 12.1 Å². The number of nitrogens with zero attached hydrogens (tertiary/aromatic N) is 3. The summed E-state index contributed by atoms with van der Waals surface area (Å²) < 4.78 is 40.1. The SMILES string of the molecule is COc1nc(-c2ccnc(-c3cccc(Nc4cc(F)cc(C=O)c4F)c3Cl)c2Cl)ccc1CN(C[C@@H]1CCC(=O)N1)C(=O)OC(C)(C)C. The van der Waals surface area contributed by atoms with E-state index >= 15 is 0 Å². The number of anilines is 2. The van der Waals surface area contributed by atoms with Crippen molar-refractivity contribution in [1.82, 2.24) is 20.2 Å². The van der Waals surface area contributed by atoms with E-state index in [1.807, 2.05) is 0 Å². The van der Waals surface area contributed by atoms with E-state index in [4.69, 9.17) is 32.7 Å². The maximum atomic E-state index is 14.8. The maximum Gasteiger partial charge on any atom is 0.410 e. The van der Waals surface area contributed by atoms with Crippen LogP contribution in [-0.4, -0.2) is 58.5 Å². The van der Waals surface area contributed by atoms with Crippen LogP contribution in [0.4, 0.5) is 25.0 Å². The monoisotopic (exact) mass is 711 g/mol. The fraction of sp³-hybridized carbons (Fsp3) is 0.286. The van der Waals surface area contributed by atoms with Gasteiger partial charge in [0.05, 0.1) is 52.0 Å². The Kier molecular flexibility index (Phi) is 10.7. The Morgan fingerprint density at radius 1 is 1.10 bits per heavy atom. The van der Waals surface area contributed by atoms with E-state index in [1.165, 1.54) is 18.2 Å². The molecular formula is C35H33Cl2F2N5O5. The molecule has 2 N–H and O–H groups in total. The summed E-state index contributed by atoms with van der Waals surface area (Å²) in [6.07, 6.45) is 2.19. The van der Waals surface area contributed by atoms with Gasteiger partial charge in [-0.1, -0.05) is 35.3 Å². The van der Waals surface area contributed by atoms with Gasteiger partial charge in [0.15, 0.2) is 12.1 Å². The van der Waals surface area contributed by atoms with Crippen molar-refractivity contribution >= 4 is 52.9 Å². The van der Waals surface area contributed by atoms with Crippen LogP contribution in [0.15, 0.2) is 54.7 Å². The third kappa shape index (κ3) is 8.26. The molecule has 5 rings (SSSR count). The molecule has 0 aliphatic carbocycles. The molecule has 256 valence electrons. The molecule has 0 radical (unpaired) electrons. The van der Waals surface area contributed by atoms with E-state index in [0.29, 0.717) is 40.9 Å². The number of aldehydes is 1. The van der Waals surface area contributed by atoms with Gasteiger partial charge in [-0.3, -0.25) is 14.6 Å². The minimum absolute atomic E-state index is 0.0655. The van der Waals surface area contributed by atoms with Crippen LogP contribution in [0, 0.1) is 11.6 Å². The van der Waals surface area contributed by atoms with Crippen LogP contribution in [0.5, 0.6) is 5.88 Å². The van der Waals surface area contributed by atoms with Gasteiger partial charge in [0.25, 0.3) is 0 Å². The smallest absolute Gasteiger partial charge is 0.410 e. The number of amides is 2. The number of nitrogens with one attached hydrogen (secondary N) is 2. The van der Waals surface area contributed by atoms with Crippen molar-refractivity contribution in [2.75, 3.05) is 19.0 Å². The highest BCUT2D eigenvalue weighted by molar-refractivity contribution is 6.39. The number of pyridine rings is 2. The van der Waals surface area contributed by atoms with Gasteiger partial charge in [0.2, 0.25) is 11.8 Å². The minimum Gasteiger partial charge on any atom is -0.481 e. The lowest BCUT2D eigenvalue weighted by Gasteiger charge is -2.29. The fourth-order valence-corrected chi connectivity index (χ4v) is 5.88.